The fourth-order valence-corrected chi connectivity index (χ4v) is 2.38. The smallest absolute Gasteiger partial charge is 0.153 e. The van der Waals surface area contributed by atoms with Gasteiger partial charge < -0.3 is 9.47 Å². The van der Waals surface area contributed by atoms with Crippen LogP contribution < -0.4 is 9.47 Å². The van der Waals surface area contributed by atoms with Crippen molar-refractivity contribution in [3.05, 3.63) is 57.6 Å². The average molecular weight is 335 g/mol. The van der Waals surface area contributed by atoms with Gasteiger partial charge in [-0.15, -0.1) is 0 Å². The normalized spacial score (nSPS) is 10.2. The fourth-order valence-electron chi connectivity index (χ4n) is 1.98. The van der Waals surface area contributed by atoms with Crippen LogP contribution in [0.4, 0.5) is 0 Å². The number of aldehydes is 1. The first kappa shape index (κ1) is 14.6. The van der Waals surface area contributed by atoms with E-state index in [4.69, 9.17) is 9.47 Å². The highest BCUT2D eigenvalue weighted by atomic mass is 79.9. The van der Waals surface area contributed by atoms with E-state index in [2.05, 4.69) is 15.9 Å². The molecule has 20 heavy (non-hydrogen) atoms. The van der Waals surface area contributed by atoms with E-state index in [1.165, 1.54) is 0 Å². The Labute approximate surface area is 126 Å². The lowest BCUT2D eigenvalue weighted by molar-refractivity contribution is 0.111. The van der Waals surface area contributed by atoms with Gasteiger partial charge in [0.1, 0.15) is 18.1 Å². The molecule has 0 aromatic heterocycles. The molecule has 0 fully saturated rings. The minimum atomic E-state index is 0.342. The number of hydrogen-bond acceptors (Lipinski definition) is 3. The molecule has 0 unspecified atom stereocenters. The van der Waals surface area contributed by atoms with E-state index in [0.717, 1.165) is 27.6 Å². The average Bonchev–Trinajstić information content (AvgIpc) is 2.46. The number of ether oxygens (including phenoxy) is 2. The zero-order chi connectivity index (χ0) is 14.5. The molecule has 0 aliphatic heterocycles. The number of benzene rings is 2. The molecule has 2 aromatic rings. The summed E-state index contributed by atoms with van der Waals surface area (Å²) in [6, 6.07) is 11.2. The molecular formula is C16H15BrO3. The lowest BCUT2D eigenvalue weighted by Crippen LogP contribution is -2.02. The molecule has 2 aromatic carbocycles. The lowest BCUT2D eigenvalue weighted by atomic mass is 10.1. The van der Waals surface area contributed by atoms with Gasteiger partial charge in [0.2, 0.25) is 0 Å². The van der Waals surface area contributed by atoms with Crippen LogP contribution in [0.5, 0.6) is 11.5 Å². The number of para-hydroxylation sites is 1. The topological polar surface area (TPSA) is 35.5 Å². The van der Waals surface area contributed by atoms with Crippen molar-refractivity contribution in [2.45, 2.75) is 13.5 Å². The first-order valence-electron chi connectivity index (χ1n) is 6.15. The summed E-state index contributed by atoms with van der Waals surface area (Å²) in [6.07, 6.45) is 0.806. The molecule has 0 heterocycles. The van der Waals surface area contributed by atoms with Crippen LogP contribution in [0.3, 0.4) is 0 Å². The molecule has 0 atom stereocenters. The molecule has 0 saturated carbocycles. The van der Waals surface area contributed by atoms with E-state index in [-0.39, 0.29) is 0 Å². The summed E-state index contributed by atoms with van der Waals surface area (Å²) in [7, 11) is 1.62. The molecule has 0 saturated heterocycles. The highest BCUT2D eigenvalue weighted by Crippen LogP contribution is 2.27. The Kier molecular flexibility index (Phi) is 4.79. The Balaban J connectivity index is 2.25. The monoisotopic (exact) mass is 334 g/mol. The number of hydrogen-bond donors (Lipinski definition) is 0. The first-order chi connectivity index (χ1) is 9.65. The molecule has 0 bridgehead atoms. The SMILES string of the molecule is COc1ccc(Br)cc1COc1c(C)cccc1C=O. The van der Waals surface area contributed by atoms with Gasteiger partial charge in [0, 0.05) is 10.0 Å². The van der Waals surface area contributed by atoms with Gasteiger partial charge in [-0.05, 0) is 36.8 Å². The predicted octanol–water partition coefficient (Wildman–Crippen LogP) is 4.16. The predicted molar refractivity (Wildman–Crippen MR) is 81.6 cm³/mol. The van der Waals surface area contributed by atoms with Gasteiger partial charge in [-0.2, -0.15) is 0 Å². The second kappa shape index (κ2) is 6.57. The van der Waals surface area contributed by atoms with Crippen LogP contribution in [0.2, 0.25) is 0 Å². The standard InChI is InChI=1S/C16H15BrO3/c1-11-4-3-5-12(9-18)16(11)20-10-13-8-14(17)6-7-15(13)19-2/h3-9H,10H2,1-2H3. The van der Waals surface area contributed by atoms with Crippen LogP contribution in [0, 0.1) is 6.92 Å². The van der Waals surface area contributed by atoms with Gasteiger partial charge in [-0.1, -0.05) is 28.1 Å². The Bertz CT molecular complexity index is 623. The molecule has 0 aliphatic carbocycles. The number of carbonyl (C=O) groups excluding carboxylic acids is 1. The molecular weight excluding hydrogens is 320 g/mol. The largest absolute Gasteiger partial charge is 0.496 e. The second-order valence-corrected chi connectivity index (χ2v) is 5.27. The quantitative estimate of drug-likeness (QED) is 0.770. The van der Waals surface area contributed by atoms with E-state index in [0.29, 0.717) is 17.9 Å². The van der Waals surface area contributed by atoms with Crippen LogP contribution in [-0.2, 0) is 6.61 Å². The van der Waals surface area contributed by atoms with Gasteiger partial charge >= 0.3 is 0 Å². The Morgan fingerprint density at radius 3 is 2.75 bits per heavy atom. The van der Waals surface area contributed by atoms with E-state index in [1.54, 1.807) is 13.2 Å². The Morgan fingerprint density at radius 1 is 1.25 bits per heavy atom. The van der Waals surface area contributed by atoms with Crippen LogP contribution in [0.25, 0.3) is 0 Å². The van der Waals surface area contributed by atoms with E-state index in [9.17, 15) is 4.79 Å². The summed E-state index contributed by atoms with van der Waals surface area (Å²) in [6.45, 7) is 2.26. The maximum Gasteiger partial charge on any atom is 0.153 e. The number of aryl methyl sites for hydroxylation is 1. The highest BCUT2D eigenvalue weighted by molar-refractivity contribution is 9.10. The van der Waals surface area contributed by atoms with Crippen molar-refractivity contribution >= 4 is 22.2 Å². The van der Waals surface area contributed by atoms with Crippen LogP contribution in [0.1, 0.15) is 21.5 Å². The van der Waals surface area contributed by atoms with Crippen molar-refractivity contribution in [1.82, 2.24) is 0 Å². The minimum Gasteiger partial charge on any atom is -0.496 e. The van der Waals surface area contributed by atoms with Gasteiger partial charge in [-0.3, -0.25) is 4.79 Å². The maximum absolute atomic E-state index is 11.1. The molecule has 4 heteroatoms. The van der Waals surface area contributed by atoms with E-state index in [1.807, 2.05) is 37.3 Å². The van der Waals surface area contributed by atoms with Gasteiger partial charge in [0.25, 0.3) is 0 Å². The molecule has 2 rings (SSSR count). The highest BCUT2D eigenvalue weighted by Gasteiger charge is 2.09. The van der Waals surface area contributed by atoms with Crippen LogP contribution >= 0.6 is 15.9 Å². The summed E-state index contributed by atoms with van der Waals surface area (Å²) >= 11 is 3.43. The van der Waals surface area contributed by atoms with E-state index >= 15 is 0 Å². The van der Waals surface area contributed by atoms with Crippen molar-refractivity contribution in [1.29, 1.82) is 0 Å². The molecule has 0 amide bonds. The van der Waals surface area contributed by atoms with Crippen molar-refractivity contribution < 1.29 is 14.3 Å². The molecule has 0 N–H and O–H groups in total. The Hall–Kier alpha value is -1.81. The summed E-state index contributed by atoms with van der Waals surface area (Å²) in [5, 5.41) is 0. The second-order valence-electron chi connectivity index (χ2n) is 4.36. The van der Waals surface area contributed by atoms with Crippen molar-refractivity contribution in [2.75, 3.05) is 7.11 Å². The molecule has 0 spiro atoms. The van der Waals surface area contributed by atoms with Crippen LogP contribution in [0.15, 0.2) is 40.9 Å². The summed E-state index contributed by atoms with van der Waals surface area (Å²) in [5.41, 5.74) is 2.41. The first-order valence-corrected chi connectivity index (χ1v) is 6.95. The van der Waals surface area contributed by atoms with E-state index < -0.39 is 0 Å². The van der Waals surface area contributed by atoms with Crippen molar-refractivity contribution in [3.63, 3.8) is 0 Å². The number of rotatable bonds is 5. The summed E-state index contributed by atoms with van der Waals surface area (Å²) in [4.78, 5) is 11.1. The van der Waals surface area contributed by atoms with Crippen molar-refractivity contribution in [2.24, 2.45) is 0 Å². The summed E-state index contributed by atoms with van der Waals surface area (Å²) < 4.78 is 12.1. The minimum absolute atomic E-state index is 0.342. The zero-order valence-electron chi connectivity index (χ0n) is 11.4. The van der Waals surface area contributed by atoms with Gasteiger partial charge in [0.15, 0.2) is 6.29 Å². The zero-order valence-corrected chi connectivity index (χ0v) is 12.9. The third-order valence-corrected chi connectivity index (χ3v) is 3.48. The van der Waals surface area contributed by atoms with Crippen molar-refractivity contribution in [3.8, 4) is 11.5 Å². The lowest BCUT2D eigenvalue weighted by Gasteiger charge is -2.13. The van der Waals surface area contributed by atoms with Crippen LogP contribution in [-0.4, -0.2) is 13.4 Å². The van der Waals surface area contributed by atoms with Gasteiger partial charge in [-0.25, -0.2) is 0 Å². The number of carbonyl (C=O) groups is 1. The molecule has 0 aliphatic rings. The number of methoxy groups -OCH3 is 1. The Morgan fingerprint density at radius 2 is 2.05 bits per heavy atom. The molecule has 3 nitrogen and oxygen atoms in total. The molecule has 104 valence electrons. The molecule has 0 radical (unpaired) electrons. The van der Waals surface area contributed by atoms with Gasteiger partial charge in [0.05, 0.1) is 12.7 Å². The third-order valence-electron chi connectivity index (χ3n) is 2.98. The third kappa shape index (κ3) is 3.20. The fraction of sp³-hybridized carbons (Fsp3) is 0.188. The maximum atomic E-state index is 11.1. The summed E-state index contributed by atoms with van der Waals surface area (Å²) in [5.74, 6) is 1.37. The number of halogens is 1.